The van der Waals surface area contributed by atoms with Crippen LogP contribution in [0, 0.1) is 5.92 Å². The summed E-state index contributed by atoms with van der Waals surface area (Å²) in [7, 11) is 1.70. The van der Waals surface area contributed by atoms with E-state index in [1.165, 1.54) is 9.88 Å². The van der Waals surface area contributed by atoms with Gasteiger partial charge in [0.1, 0.15) is 5.75 Å². The molecule has 0 fully saturated rings. The molecule has 1 heterocycles. The molecule has 1 aromatic carbocycles. The van der Waals surface area contributed by atoms with Gasteiger partial charge in [-0.3, -0.25) is 0 Å². The summed E-state index contributed by atoms with van der Waals surface area (Å²) >= 11 is 1.74. The Morgan fingerprint density at radius 2 is 2.14 bits per heavy atom. The first-order valence-electron chi connectivity index (χ1n) is 9.81. The third kappa shape index (κ3) is 8.27. The van der Waals surface area contributed by atoms with Gasteiger partial charge in [-0.05, 0) is 25.0 Å². The number of benzene rings is 1. The maximum atomic E-state index is 5.77. The maximum absolute atomic E-state index is 5.77. The Labute approximate surface area is 172 Å². The van der Waals surface area contributed by atoms with Crippen molar-refractivity contribution in [2.75, 3.05) is 32.2 Å². The number of nitrogens with one attached hydrogen (secondary N) is 2. The number of aliphatic imine (C=N–C) groups is 1. The molecule has 0 aliphatic heterocycles. The molecule has 0 radical (unpaired) electrons. The van der Waals surface area contributed by atoms with Gasteiger partial charge in [0.15, 0.2) is 5.96 Å². The molecule has 0 aliphatic rings. The summed E-state index contributed by atoms with van der Waals surface area (Å²) < 4.78 is 10.8. The second kappa shape index (κ2) is 12.4. The van der Waals surface area contributed by atoms with Crippen LogP contribution >= 0.6 is 11.3 Å². The molecular formula is C21H32N4O2S. The van der Waals surface area contributed by atoms with Gasteiger partial charge in [-0.25, -0.2) is 9.98 Å². The van der Waals surface area contributed by atoms with Crippen LogP contribution in [0.2, 0.25) is 0 Å². The van der Waals surface area contributed by atoms with Crippen LogP contribution in [0.1, 0.15) is 37.1 Å². The molecular weight excluding hydrogens is 372 g/mol. The molecule has 2 rings (SSSR count). The molecule has 6 nitrogen and oxygen atoms in total. The molecule has 2 aromatic rings. The van der Waals surface area contributed by atoms with Crippen molar-refractivity contribution in [3.63, 3.8) is 0 Å². The minimum Gasteiger partial charge on any atom is -0.493 e. The standard InChI is InChI=1S/C21H32N4O2S/c1-5-22-21(24-15-19-14-23-20(28-19)12-16(2)3)25-17-8-6-9-18(13-17)27-11-7-10-26-4/h6,8-9,13-14,16H,5,7,10-12,15H2,1-4H3,(H2,22,24,25). The fourth-order valence-electron chi connectivity index (χ4n) is 2.52. The Kier molecular flexibility index (Phi) is 9.79. The number of methoxy groups -OCH3 is 1. The summed E-state index contributed by atoms with van der Waals surface area (Å²) in [5.74, 6) is 2.20. The minimum atomic E-state index is 0.609. The van der Waals surface area contributed by atoms with E-state index < -0.39 is 0 Å². The zero-order chi connectivity index (χ0) is 20.2. The largest absolute Gasteiger partial charge is 0.493 e. The van der Waals surface area contributed by atoms with Crippen LogP contribution in [0.5, 0.6) is 5.75 Å². The Bertz CT molecular complexity index is 731. The number of aromatic nitrogens is 1. The van der Waals surface area contributed by atoms with Crippen molar-refractivity contribution in [2.45, 2.75) is 40.2 Å². The van der Waals surface area contributed by atoms with Crippen molar-refractivity contribution in [1.82, 2.24) is 10.3 Å². The van der Waals surface area contributed by atoms with Gasteiger partial charge in [0.05, 0.1) is 18.2 Å². The smallest absolute Gasteiger partial charge is 0.196 e. The fraction of sp³-hybridized carbons (Fsp3) is 0.524. The Balaban J connectivity index is 1.95. The predicted molar refractivity (Wildman–Crippen MR) is 118 cm³/mol. The summed E-state index contributed by atoms with van der Waals surface area (Å²) in [5.41, 5.74) is 0.939. The molecule has 2 N–H and O–H groups in total. The van der Waals surface area contributed by atoms with Crippen LogP contribution in [-0.4, -0.2) is 37.8 Å². The van der Waals surface area contributed by atoms with Gasteiger partial charge in [0.25, 0.3) is 0 Å². The highest BCUT2D eigenvalue weighted by Gasteiger charge is 2.06. The van der Waals surface area contributed by atoms with E-state index in [4.69, 9.17) is 14.5 Å². The maximum Gasteiger partial charge on any atom is 0.196 e. The highest BCUT2D eigenvalue weighted by molar-refractivity contribution is 7.11. The van der Waals surface area contributed by atoms with Crippen molar-refractivity contribution in [1.29, 1.82) is 0 Å². The number of hydrogen-bond donors (Lipinski definition) is 2. The first-order chi connectivity index (χ1) is 13.6. The van der Waals surface area contributed by atoms with Crippen LogP contribution in [0.3, 0.4) is 0 Å². The van der Waals surface area contributed by atoms with Gasteiger partial charge in [-0.15, -0.1) is 11.3 Å². The molecule has 1 aromatic heterocycles. The topological polar surface area (TPSA) is 67.8 Å². The van der Waals surface area contributed by atoms with Gasteiger partial charge >= 0.3 is 0 Å². The zero-order valence-electron chi connectivity index (χ0n) is 17.3. The number of guanidine groups is 1. The van der Waals surface area contributed by atoms with Crippen molar-refractivity contribution >= 4 is 23.0 Å². The van der Waals surface area contributed by atoms with Gasteiger partial charge in [0.2, 0.25) is 0 Å². The molecule has 28 heavy (non-hydrogen) atoms. The lowest BCUT2D eigenvalue weighted by Gasteiger charge is -2.12. The highest BCUT2D eigenvalue weighted by Crippen LogP contribution is 2.19. The third-order valence-corrected chi connectivity index (χ3v) is 4.78. The molecule has 0 amide bonds. The van der Waals surface area contributed by atoms with Gasteiger partial charge in [-0.1, -0.05) is 19.9 Å². The van der Waals surface area contributed by atoms with E-state index in [9.17, 15) is 0 Å². The van der Waals surface area contributed by atoms with E-state index in [0.29, 0.717) is 25.7 Å². The minimum absolute atomic E-state index is 0.609. The third-order valence-electron chi connectivity index (χ3n) is 3.78. The fourth-order valence-corrected chi connectivity index (χ4v) is 3.58. The molecule has 0 atom stereocenters. The number of ether oxygens (including phenoxy) is 2. The SMILES string of the molecule is CCNC(=NCc1cnc(CC(C)C)s1)Nc1cccc(OCCCOC)c1. The number of anilines is 1. The molecule has 0 unspecified atom stereocenters. The predicted octanol–water partition coefficient (Wildman–Crippen LogP) is 4.33. The summed E-state index contributed by atoms with van der Waals surface area (Å²) in [6.07, 6.45) is 3.82. The van der Waals surface area contributed by atoms with E-state index in [2.05, 4.69) is 36.4 Å². The second-order valence-corrected chi connectivity index (χ2v) is 8.06. The molecule has 7 heteroatoms. The van der Waals surface area contributed by atoms with Crippen molar-refractivity contribution in [2.24, 2.45) is 10.9 Å². The average Bonchev–Trinajstić information content (AvgIpc) is 3.10. The molecule has 0 spiro atoms. The first-order valence-corrected chi connectivity index (χ1v) is 10.6. The second-order valence-electron chi connectivity index (χ2n) is 6.86. The number of rotatable bonds is 11. The average molecular weight is 405 g/mol. The lowest BCUT2D eigenvalue weighted by atomic mass is 10.1. The van der Waals surface area contributed by atoms with E-state index in [-0.39, 0.29) is 0 Å². The highest BCUT2D eigenvalue weighted by atomic mass is 32.1. The van der Waals surface area contributed by atoms with E-state index >= 15 is 0 Å². The van der Waals surface area contributed by atoms with Crippen molar-refractivity contribution in [3.8, 4) is 5.75 Å². The number of nitrogens with zero attached hydrogens (tertiary/aromatic N) is 2. The zero-order valence-corrected chi connectivity index (χ0v) is 18.1. The van der Waals surface area contributed by atoms with Crippen molar-refractivity contribution in [3.05, 3.63) is 40.3 Å². The van der Waals surface area contributed by atoms with Crippen LogP contribution in [0.15, 0.2) is 35.5 Å². The molecule has 0 saturated heterocycles. The summed E-state index contributed by atoms with van der Waals surface area (Å²) in [5, 5.41) is 7.81. The number of thiazole rings is 1. The van der Waals surface area contributed by atoms with Crippen molar-refractivity contribution < 1.29 is 9.47 Å². The Hall–Kier alpha value is -2.12. The van der Waals surface area contributed by atoms with Crippen LogP contribution in [0.4, 0.5) is 5.69 Å². The van der Waals surface area contributed by atoms with E-state index in [1.54, 1.807) is 18.4 Å². The lowest BCUT2D eigenvalue weighted by molar-refractivity contribution is 0.172. The summed E-state index contributed by atoms with van der Waals surface area (Å²) in [4.78, 5) is 10.4. The molecule has 0 saturated carbocycles. The lowest BCUT2D eigenvalue weighted by Crippen LogP contribution is -2.30. The van der Waals surface area contributed by atoms with Crippen LogP contribution in [-0.2, 0) is 17.7 Å². The molecule has 0 bridgehead atoms. The summed E-state index contributed by atoms with van der Waals surface area (Å²) in [6.45, 7) is 9.21. The normalized spacial score (nSPS) is 11.7. The molecule has 154 valence electrons. The van der Waals surface area contributed by atoms with E-state index in [1.807, 2.05) is 30.5 Å². The number of hydrogen-bond acceptors (Lipinski definition) is 5. The monoisotopic (exact) mass is 404 g/mol. The Morgan fingerprint density at radius 1 is 1.29 bits per heavy atom. The molecule has 0 aliphatic carbocycles. The van der Waals surface area contributed by atoms with Gasteiger partial charge in [0, 0.05) is 55.9 Å². The first kappa shape index (κ1) is 22.2. The Morgan fingerprint density at radius 3 is 2.89 bits per heavy atom. The van der Waals surface area contributed by atoms with Crippen LogP contribution < -0.4 is 15.4 Å². The summed E-state index contributed by atoms with van der Waals surface area (Å²) in [6, 6.07) is 7.91. The van der Waals surface area contributed by atoms with Crippen LogP contribution in [0.25, 0.3) is 0 Å². The van der Waals surface area contributed by atoms with Gasteiger partial charge in [-0.2, -0.15) is 0 Å². The van der Waals surface area contributed by atoms with Gasteiger partial charge < -0.3 is 20.1 Å². The van der Waals surface area contributed by atoms with E-state index in [0.717, 1.165) is 36.8 Å². The quantitative estimate of drug-likeness (QED) is 0.331.